The van der Waals surface area contributed by atoms with Crippen molar-refractivity contribution in [1.29, 1.82) is 0 Å². The van der Waals surface area contributed by atoms with Crippen LogP contribution in [0.1, 0.15) is 37.8 Å². The van der Waals surface area contributed by atoms with Crippen molar-refractivity contribution >= 4 is 62.7 Å². The summed E-state index contributed by atoms with van der Waals surface area (Å²) in [5.41, 5.74) is 7.27. The third-order valence-corrected chi connectivity index (χ3v) is 10.5. The van der Waals surface area contributed by atoms with Gasteiger partial charge < -0.3 is 4.90 Å². The zero-order chi connectivity index (χ0) is 31.2. The summed E-state index contributed by atoms with van der Waals surface area (Å²) in [6.07, 6.45) is 12.6. The van der Waals surface area contributed by atoms with Crippen molar-refractivity contribution in [3.05, 3.63) is 148 Å². The molecule has 4 aliphatic rings. The highest BCUT2D eigenvalue weighted by Gasteiger charge is 2.44. The van der Waals surface area contributed by atoms with Crippen molar-refractivity contribution in [3.63, 3.8) is 0 Å². The summed E-state index contributed by atoms with van der Waals surface area (Å²) in [6.45, 7) is 4.68. The first-order valence-corrected chi connectivity index (χ1v) is 16.3. The van der Waals surface area contributed by atoms with Crippen molar-refractivity contribution < 1.29 is 9.59 Å². The monoisotopic (exact) mass is 595 g/mol. The molecule has 0 spiro atoms. The van der Waals surface area contributed by atoms with E-state index in [1.807, 2.05) is 42.5 Å². The zero-order valence-corrected chi connectivity index (χ0v) is 26.0. The molecule has 0 bridgehead atoms. The molecular weight excluding hydrogens is 562 g/mol. The first-order valence-electron chi connectivity index (χ1n) is 16.3. The van der Waals surface area contributed by atoms with Gasteiger partial charge in [-0.25, -0.2) is 0 Å². The van der Waals surface area contributed by atoms with Gasteiger partial charge >= 0.3 is 0 Å². The highest BCUT2D eigenvalue weighted by molar-refractivity contribution is 6.33. The van der Waals surface area contributed by atoms with Gasteiger partial charge in [0, 0.05) is 16.5 Å². The summed E-state index contributed by atoms with van der Waals surface area (Å²) < 4.78 is 0. The van der Waals surface area contributed by atoms with Crippen LogP contribution in [0.5, 0.6) is 0 Å². The number of benzene rings is 5. The van der Waals surface area contributed by atoms with E-state index in [1.165, 1.54) is 44.4 Å². The third-order valence-electron chi connectivity index (χ3n) is 10.5. The lowest BCUT2D eigenvalue weighted by Crippen LogP contribution is -2.36. The van der Waals surface area contributed by atoms with E-state index in [2.05, 4.69) is 104 Å². The first-order chi connectivity index (χ1) is 22.4. The van der Waals surface area contributed by atoms with E-state index in [9.17, 15) is 9.59 Å². The Morgan fingerprint density at radius 3 is 2.15 bits per heavy atom. The van der Waals surface area contributed by atoms with Crippen molar-refractivity contribution in [1.82, 2.24) is 0 Å². The molecule has 1 fully saturated rings. The van der Waals surface area contributed by atoms with Gasteiger partial charge in [-0.1, -0.05) is 117 Å². The van der Waals surface area contributed by atoms with E-state index in [-0.39, 0.29) is 17.0 Å². The van der Waals surface area contributed by atoms with E-state index in [0.29, 0.717) is 5.57 Å². The van der Waals surface area contributed by atoms with Crippen molar-refractivity contribution in [2.45, 2.75) is 32.1 Å². The predicted octanol–water partition coefficient (Wildman–Crippen LogP) is 8.07. The Labute approximate surface area is 268 Å². The van der Waals surface area contributed by atoms with Crippen LogP contribution in [0.3, 0.4) is 0 Å². The number of carbonyl (C=O) groups excluding carboxylic acids is 2. The number of rotatable bonds is 2. The van der Waals surface area contributed by atoms with E-state index < -0.39 is 11.8 Å². The van der Waals surface area contributed by atoms with Crippen molar-refractivity contribution in [2.24, 2.45) is 11.8 Å². The molecule has 1 heterocycles. The van der Waals surface area contributed by atoms with Crippen LogP contribution in [-0.2, 0) is 15.0 Å². The molecule has 46 heavy (non-hydrogen) atoms. The number of fused-ring (bicyclic) bond motifs is 7. The average Bonchev–Trinajstić information content (AvgIpc) is 3.31. The van der Waals surface area contributed by atoms with E-state index >= 15 is 0 Å². The van der Waals surface area contributed by atoms with Gasteiger partial charge in [-0.3, -0.25) is 9.59 Å². The van der Waals surface area contributed by atoms with Gasteiger partial charge in [-0.2, -0.15) is 0 Å². The molecule has 0 radical (unpaired) electrons. The summed E-state index contributed by atoms with van der Waals surface area (Å²) in [6, 6.07) is 34.0. The van der Waals surface area contributed by atoms with Crippen LogP contribution in [-0.4, -0.2) is 11.6 Å². The van der Waals surface area contributed by atoms with Crippen LogP contribution in [0.15, 0.2) is 126 Å². The highest BCUT2D eigenvalue weighted by atomic mass is 16.2. The Morgan fingerprint density at radius 2 is 1.37 bits per heavy atom. The number of Topliss-reactive ketones (excluding diaryl/α,β-unsaturated/α-hetero) is 2. The SMILES string of the molecule is CC1(C)C2=CCCC=C2N(c2cccc3ccccc23)c2ccc3cc(C=C4C(=O)C5C=c6ccccc6=CC5C4=O)ccc3c21. The van der Waals surface area contributed by atoms with E-state index in [1.54, 1.807) is 0 Å². The summed E-state index contributed by atoms with van der Waals surface area (Å²) in [5, 5.41) is 6.79. The lowest BCUT2D eigenvalue weighted by Gasteiger charge is -2.46. The number of carbonyl (C=O) groups is 2. The first kappa shape index (κ1) is 27.1. The smallest absolute Gasteiger partial charge is 0.174 e. The largest absolute Gasteiger partial charge is 0.310 e. The molecule has 3 aliphatic carbocycles. The van der Waals surface area contributed by atoms with Gasteiger partial charge in [0.2, 0.25) is 0 Å². The molecule has 3 nitrogen and oxygen atoms in total. The number of anilines is 2. The molecule has 0 saturated heterocycles. The molecule has 0 amide bonds. The molecule has 1 aliphatic heterocycles. The molecule has 2 atom stereocenters. The number of allylic oxidation sites excluding steroid dienone is 4. The van der Waals surface area contributed by atoms with Crippen LogP contribution < -0.4 is 15.3 Å². The zero-order valence-electron chi connectivity index (χ0n) is 26.0. The Bertz CT molecular complexity index is 2340. The number of hydrogen-bond acceptors (Lipinski definition) is 3. The molecule has 0 N–H and O–H groups in total. The topological polar surface area (TPSA) is 37.4 Å². The van der Waals surface area contributed by atoms with E-state index in [4.69, 9.17) is 0 Å². The fraction of sp³-hybridized carbons (Fsp3) is 0.163. The summed E-state index contributed by atoms with van der Waals surface area (Å²) >= 11 is 0. The van der Waals surface area contributed by atoms with Crippen LogP contribution in [0.4, 0.5) is 11.4 Å². The molecule has 9 rings (SSSR count). The minimum Gasteiger partial charge on any atom is -0.310 e. The second-order valence-electron chi connectivity index (χ2n) is 13.5. The molecule has 5 aromatic rings. The van der Waals surface area contributed by atoms with Crippen molar-refractivity contribution in [2.75, 3.05) is 4.90 Å². The molecule has 0 aromatic heterocycles. The highest BCUT2D eigenvalue weighted by Crippen LogP contribution is 2.54. The van der Waals surface area contributed by atoms with Gasteiger partial charge in [0.05, 0.1) is 28.8 Å². The summed E-state index contributed by atoms with van der Waals surface area (Å²) in [7, 11) is 0. The van der Waals surface area contributed by atoms with Gasteiger partial charge in [0.25, 0.3) is 0 Å². The maximum absolute atomic E-state index is 13.5. The maximum Gasteiger partial charge on any atom is 0.174 e. The molecule has 3 heteroatoms. The second kappa shape index (κ2) is 9.86. The number of hydrogen-bond donors (Lipinski definition) is 0. The standard InChI is InChI=1S/C43H33NO2/c1-43(2)36-15-7-8-16-38(36)44(37-17-9-13-27-10-5-6-14-31(27)37)39-21-19-30-22-26(18-20-32(30)40(39)43)23-35-41(45)33-24-28-11-3-4-12-29(28)25-34(33)42(35)46/h3-6,9-25,33-34H,7-8H2,1-2H3. The molecule has 2 unspecified atom stereocenters. The minimum atomic E-state index is -0.423. The van der Waals surface area contributed by atoms with Crippen LogP contribution in [0.2, 0.25) is 0 Å². The van der Waals surface area contributed by atoms with Crippen LogP contribution in [0.25, 0.3) is 39.8 Å². The number of nitrogens with zero attached hydrogens (tertiary/aromatic N) is 1. The lowest BCUT2D eigenvalue weighted by atomic mass is 9.69. The fourth-order valence-corrected chi connectivity index (χ4v) is 8.32. The fourth-order valence-electron chi connectivity index (χ4n) is 8.32. The van der Waals surface area contributed by atoms with Crippen LogP contribution in [0, 0.1) is 11.8 Å². The molecule has 222 valence electrons. The Hall–Kier alpha value is -5.28. The quantitative estimate of drug-likeness (QED) is 0.153. The predicted molar refractivity (Wildman–Crippen MR) is 188 cm³/mol. The molecule has 1 saturated carbocycles. The summed E-state index contributed by atoms with van der Waals surface area (Å²) in [5.74, 6) is -1.01. The van der Waals surface area contributed by atoms with Gasteiger partial charge in [-0.05, 0) is 80.4 Å². The summed E-state index contributed by atoms with van der Waals surface area (Å²) in [4.78, 5) is 29.6. The normalized spacial score (nSPS) is 21.0. The van der Waals surface area contributed by atoms with Gasteiger partial charge in [-0.15, -0.1) is 0 Å². The number of ketones is 2. The molecule has 5 aromatic carbocycles. The Kier molecular flexibility index (Phi) is 5.80. The third kappa shape index (κ3) is 3.84. The van der Waals surface area contributed by atoms with Crippen molar-refractivity contribution in [3.8, 4) is 0 Å². The molecular formula is C43H33NO2. The van der Waals surface area contributed by atoms with Crippen LogP contribution >= 0.6 is 0 Å². The van der Waals surface area contributed by atoms with E-state index in [0.717, 1.165) is 34.2 Å². The second-order valence-corrected chi connectivity index (χ2v) is 13.5. The van der Waals surface area contributed by atoms with Gasteiger partial charge in [0.15, 0.2) is 11.6 Å². The lowest BCUT2D eigenvalue weighted by molar-refractivity contribution is -0.117. The Morgan fingerprint density at radius 1 is 0.674 bits per heavy atom. The van der Waals surface area contributed by atoms with Gasteiger partial charge in [0.1, 0.15) is 0 Å². The minimum absolute atomic E-state index is 0.0818. The Balaban J connectivity index is 1.19. The maximum atomic E-state index is 13.5. The average molecular weight is 596 g/mol.